The van der Waals surface area contributed by atoms with Crippen molar-refractivity contribution in [3.8, 4) is 5.75 Å². The van der Waals surface area contributed by atoms with E-state index in [0.717, 1.165) is 12.1 Å². The molecule has 122 valence electrons. The van der Waals surface area contributed by atoms with Gasteiger partial charge in [0.25, 0.3) is 0 Å². The van der Waals surface area contributed by atoms with Crippen LogP contribution in [-0.2, 0) is 0 Å². The largest absolute Gasteiger partial charge is 0.573 e. The maximum Gasteiger partial charge on any atom is 0.573 e. The van der Waals surface area contributed by atoms with E-state index in [1.165, 1.54) is 24.3 Å². The number of benzene rings is 2. The molecule has 3 rings (SSSR count). The zero-order valence-electron chi connectivity index (χ0n) is 11.6. The summed E-state index contributed by atoms with van der Waals surface area (Å²) in [6.45, 7) is 0. The molecule has 0 saturated heterocycles. The van der Waals surface area contributed by atoms with Gasteiger partial charge in [-0.1, -0.05) is 18.2 Å². The zero-order chi connectivity index (χ0) is 16.6. The fourth-order valence-corrected chi connectivity index (χ4v) is 2.37. The maximum atomic E-state index is 13.6. The summed E-state index contributed by atoms with van der Waals surface area (Å²) in [6.07, 6.45) is -6.56. The molecule has 0 fully saturated rings. The second kappa shape index (κ2) is 5.62. The number of aliphatic hydroxyl groups is 1. The molecule has 23 heavy (non-hydrogen) atoms. The summed E-state index contributed by atoms with van der Waals surface area (Å²) in [7, 11) is 0. The Hall–Kier alpha value is -2.48. The third kappa shape index (κ3) is 3.31. The van der Waals surface area contributed by atoms with Crippen LogP contribution in [0.1, 0.15) is 11.7 Å². The topological polar surface area (TPSA) is 53.5 Å². The molecule has 0 aliphatic carbocycles. The van der Waals surface area contributed by atoms with Gasteiger partial charge in [0, 0.05) is 0 Å². The van der Waals surface area contributed by atoms with Crippen LogP contribution < -0.4 is 15.4 Å². The highest BCUT2D eigenvalue weighted by Gasteiger charge is 2.32. The fraction of sp³-hybridized carbons (Fsp3) is 0.200. The van der Waals surface area contributed by atoms with Gasteiger partial charge in [0.2, 0.25) is 0 Å². The third-order valence-electron chi connectivity index (χ3n) is 3.40. The second-order valence-electron chi connectivity index (χ2n) is 4.99. The van der Waals surface area contributed by atoms with E-state index < -0.39 is 24.4 Å². The van der Waals surface area contributed by atoms with Gasteiger partial charge >= 0.3 is 6.36 Å². The van der Waals surface area contributed by atoms with E-state index in [1.54, 1.807) is 6.07 Å². The number of alkyl halides is 3. The smallest absolute Gasteiger partial charge is 0.406 e. The summed E-state index contributed by atoms with van der Waals surface area (Å²) in [5.41, 5.74) is 1.11. The lowest BCUT2D eigenvalue weighted by Gasteiger charge is -2.20. The van der Waals surface area contributed by atoms with E-state index in [0.29, 0.717) is 11.3 Å². The lowest BCUT2D eigenvalue weighted by atomic mass is 10.1. The minimum atomic E-state index is -4.77. The summed E-state index contributed by atoms with van der Waals surface area (Å²) in [5.74, 6) is -0.839. The predicted molar refractivity (Wildman–Crippen MR) is 75.5 cm³/mol. The molecule has 2 unspecified atom stereocenters. The summed E-state index contributed by atoms with van der Waals surface area (Å²) < 4.78 is 53.7. The van der Waals surface area contributed by atoms with Crippen LogP contribution in [0.2, 0.25) is 0 Å². The molecule has 8 heteroatoms. The van der Waals surface area contributed by atoms with Gasteiger partial charge in [-0.3, -0.25) is 0 Å². The van der Waals surface area contributed by atoms with Gasteiger partial charge in [0.1, 0.15) is 23.8 Å². The van der Waals surface area contributed by atoms with E-state index in [1.807, 2.05) is 0 Å². The Balaban J connectivity index is 1.72. The number of ether oxygens (including phenoxy) is 1. The average molecular weight is 328 g/mol. The van der Waals surface area contributed by atoms with Crippen LogP contribution in [0.3, 0.4) is 0 Å². The Morgan fingerprint density at radius 2 is 1.74 bits per heavy atom. The number of nitrogens with one attached hydrogen (secondary N) is 2. The number of halogens is 4. The summed E-state index contributed by atoms with van der Waals surface area (Å²) in [5, 5.41) is 16.0. The molecular formula is C15H12F4N2O2. The highest BCUT2D eigenvalue weighted by atomic mass is 19.4. The van der Waals surface area contributed by atoms with Crippen molar-refractivity contribution in [2.75, 3.05) is 10.6 Å². The maximum absolute atomic E-state index is 13.6. The van der Waals surface area contributed by atoms with Crippen molar-refractivity contribution in [1.82, 2.24) is 0 Å². The summed E-state index contributed by atoms with van der Waals surface area (Å²) in [4.78, 5) is 0. The molecule has 1 heterocycles. The van der Waals surface area contributed by atoms with E-state index >= 15 is 0 Å². The first kappa shape index (κ1) is 15.4. The molecule has 3 N–H and O–H groups in total. The number of fused-ring (bicyclic) bond motifs is 1. The van der Waals surface area contributed by atoms with Crippen LogP contribution >= 0.6 is 0 Å². The Bertz CT molecular complexity index is 704. The molecule has 0 amide bonds. The van der Waals surface area contributed by atoms with Gasteiger partial charge in [0.05, 0.1) is 11.4 Å². The van der Waals surface area contributed by atoms with Crippen molar-refractivity contribution < 1.29 is 27.4 Å². The summed E-state index contributed by atoms with van der Waals surface area (Å²) in [6, 6.07) is 9.30. The normalized spacial score (nSPS) is 17.9. The number of para-hydroxylation sites is 1. The molecule has 0 aromatic heterocycles. The van der Waals surface area contributed by atoms with Crippen LogP contribution in [0.15, 0.2) is 42.5 Å². The van der Waals surface area contributed by atoms with Crippen LogP contribution in [0.5, 0.6) is 5.75 Å². The van der Waals surface area contributed by atoms with Crippen molar-refractivity contribution in [2.45, 2.75) is 18.6 Å². The Labute approximate surface area is 128 Å². The third-order valence-corrected chi connectivity index (χ3v) is 3.40. The standard InChI is InChI=1S/C15H12F4N2O2/c16-10-2-1-3-11-12(10)21-14(20-11)13(22)8-4-6-9(7-5-8)23-15(17,18)19/h1-7,13-14,20-22H. The van der Waals surface area contributed by atoms with Gasteiger partial charge in [-0.05, 0) is 29.8 Å². The van der Waals surface area contributed by atoms with Crippen LogP contribution in [0.4, 0.5) is 28.9 Å². The van der Waals surface area contributed by atoms with Crippen molar-refractivity contribution in [3.05, 3.63) is 53.8 Å². The molecule has 0 radical (unpaired) electrons. The molecule has 0 bridgehead atoms. The minimum Gasteiger partial charge on any atom is -0.406 e. The number of hydrogen-bond acceptors (Lipinski definition) is 4. The van der Waals surface area contributed by atoms with Gasteiger partial charge in [-0.15, -0.1) is 13.2 Å². The van der Waals surface area contributed by atoms with Crippen LogP contribution in [0, 0.1) is 5.82 Å². The fourth-order valence-electron chi connectivity index (χ4n) is 2.37. The number of aliphatic hydroxyl groups excluding tert-OH is 1. The SMILES string of the molecule is OC(c1ccc(OC(F)(F)F)cc1)C1Nc2cccc(F)c2N1. The quantitative estimate of drug-likeness (QED) is 0.753. The average Bonchev–Trinajstić information content (AvgIpc) is 2.91. The van der Waals surface area contributed by atoms with E-state index in [9.17, 15) is 22.7 Å². The number of rotatable bonds is 3. The molecular weight excluding hydrogens is 316 g/mol. The molecule has 0 spiro atoms. The van der Waals surface area contributed by atoms with Crippen molar-refractivity contribution >= 4 is 11.4 Å². The molecule has 0 saturated carbocycles. The van der Waals surface area contributed by atoms with Gasteiger partial charge in [-0.25, -0.2) is 4.39 Å². The van der Waals surface area contributed by atoms with Gasteiger partial charge < -0.3 is 20.5 Å². The molecule has 1 aliphatic heterocycles. The number of hydrogen-bond donors (Lipinski definition) is 3. The minimum absolute atomic E-state index is 0.244. The van der Waals surface area contributed by atoms with E-state index in [2.05, 4.69) is 15.4 Å². The van der Waals surface area contributed by atoms with Crippen LogP contribution in [-0.4, -0.2) is 17.6 Å². The molecule has 2 aromatic rings. The zero-order valence-corrected chi connectivity index (χ0v) is 11.6. The molecule has 1 aliphatic rings. The first-order valence-electron chi connectivity index (χ1n) is 6.69. The first-order valence-corrected chi connectivity index (χ1v) is 6.69. The first-order chi connectivity index (χ1) is 10.8. The highest BCUT2D eigenvalue weighted by molar-refractivity contribution is 5.75. The van der Waals surface area contributed by atoms with Gasteiger partial charge in [-0.2, -0.15) is 0 Å². The van der Waals surface area contributed by atoms with E-state index in [-0.39, 0.29) is 11.4 Å². The van der Waals surface area contributed by atoms with Crippen LogP contribution in [0.25, 0.3) is 0 Å². The van der Waals surface area contributed by atoms with Crippen molar-refractivity contribution in [1.29, 1.82) is 0 Å². The lowest BCUT2D eigenvalue weighted by molar-refractivity contribution is -0.274. The lowest BCUT2D eigenvalue weighted by Crippen LogP contribution is -2.30. The Morgan fingerprint density at radius 1 is 1.04 bits per heavy atom. The van der Waals surface area contributed by atoms with Crippen molar-refractivity contribution in [3.63, 3.8) is 0 Å². The second-order valence-corrected chi connectivity index (χ2v) is 4.99. The summed E-state index contributed by atoms with van der Waals surface area (Å²) >= 11 is 0. The molecule has 4 nitrogen and oxygen atoms in total. The molecule has 2 atom stereocenters. The number of anilines is 2. The predicted octanol–water partition coefficient (Wildman–Crippen LogP) is 3.62. The Kier molecular flexibility index (Phi) is 3.77. The Morgan fingerprint density at radius 3 is 2.35 bits per heavy atom. The van der Waals surface area contributed by atoms with Gasteiger partial charge in [0.15, 0.2) is 0 Å². The monoisotopic (exact) mass is 328 g/mol. The van der Waals surface area contributed by atoms with E-state index in [4.69, 9.17) is 0 Å². The highest BCUT2D eigenvalue weighted by Crippen LogP contribution is 2.35. The molecule has 2 aromatic carbocycles. The van der Waals surface area contributed by atoms with Crippen molar-refractivity contribution in [2.24, 2.45) is 0 Å².